The number of carbonyl (C=O) groups is 2. The molecule has 0 aliphatic carbocycles. The number of anilines is 1. The fraction of sp³-hybridized carbons (Fsp3) is 0.529. The quantitative estimate of drug-likeness (QED) is 0.711. The fourth-order valence-electron chi connectivity index (χ4n) is 2.46. The number of ether oxygens (including phenoxy) is 3. The Morgan fingerprint density at radius 1 is 1.32 bits per heavy atom. The third kappa shape index (κ3) is 5.33. The van der Waals surface area contributed by atoms with Crippen molar-refractivity contribution < 1.29 is 23.8 Å². The first-order chi connectivity index (χ1) is 12.1. The average molecular weight is 351 g/mol. The predicted molar refractivity (Wildman–Crippen MR) is 92.8 cm³/mol. The summed E-state index contributed by atoms with van der Waals surface area (Å²) in [6.45, 7) is 3.45. The number of fused-ring (bicyclic) bond motifs is 1. The lowest BCUT2D eigenvalue weighted by Crippen LogP contribution is -2.40. The van der Waals surface area contributed by atoms with Crippen LogP contribution in [0.1, 0.15) is 13.3 Å². The van der Waals surface area contributed by atoms with Crippen molar-refractivity contribution in [1.29, 1.82) is 0 Å². The van der Waals surface area contributed by atoms with E-state index >= 15 is 0 Å². The molecule has 0 bridgehead atoms. The van der Waals surface area contributed by atoms with Crippen molar-refractivity contribution >= 4 is 17.5 Å². The van der Waals surface area contributed by atoms with Gasteiger partial charge < -0.3 is 30.2 Å². The number of nitrogens with zero attached hydrogens (tertiary/aromatic N) is 1. The first kappa shape index (κ1) is 19.0. The third-order valence-electron chi connectivity index (χ3n) is 3.89. The van der Waals surface area contributed by atoms with Gasteiger partial charge in [-0.2, -0.15) is 0 Å². The molecule has 1 atom stereocenters. The number of methoxy groups -OCH3 is 1. The van der Waals surface area contributed by atoms with Crippen LogP contribution >= 0.6 is 0 Å². The van der Waals surface area contributed by atoms with Gasteiger partial charge in [0.1, 0.15) is 13.2 Å². The Morgan fingerprint density at radius 2 is 2.04 bits per heavy atom. The van der Waals surface area contributed by atoms with Crippen molar-refractivity contribution in [3.8, 4) is 11.5 Å². The zero-order chi connectivity index (χ0) is 18.2. The molecule has 0 fully saturated rings. The number of benzene rings is 1. The number of hydrogen-bond donors (Lipinski definition) is 2. The summed E-state index contributed by atoms with van der Waals surface area (Å²) in [6.07, 6.45) is -0.194. The van der Waals surface area contributed by atoms with E-state index in [0.29, 0.717) is 36.9 Å². The first-order valence-corrected chi connectivity index (χ1v) is 8.27. The van der Waals surface area contributed by atoms with Crippen LogP contribution in [0.4, 0.5) is 5.69 Å². The molecule has 2 rings (SSSR count). The van der Waals surface area contributed by atoms with Gasteiger partial charge in [-0.3, -0.25) is 9.59 Å². The van der Waals surface area contributed by atoms with Crippen LogP contribution in [0.3, 0.4) is 0 Å². The van der Waals surface area contributed by atoms with Crippen LogP contribution < -0.4 is 20.5 Å². The molecule has 0 radical (unpaired) electrons. The third-order valence-corrected chi connectivity index (χ3v) is 3.89. The van der Waals surface area contributed by atoms with Crippen molar-refractivity contribution in [1.82, 2.24) is 4.90 Å². The van der Waals surface area contributed by atoms with Gasteiger partial charge >= 0.3 is 0 Å². The molecule has 0 spiro atoms. The highest BCUT2D eigenvalue weighted by atomic mass is 16.6. The maximum Gasteiger partial charge on any atom is 0.243 e. The normalized spacial score (nSPS) is 13.9. The fourth-order valence-corrected chi connectivity index (χ4v) is 2.46. The van der Waals surface area contributed by atoms with Crippen molar-refractivity contribution in [3.05, 3.63) is 18.2 Å². The Hall–Kier alpha value is -2.32. The Bertz CT molecular complexity index is 604. The van der Waals surface area contributed by atoms with E-state index in [-0.39, 0.29) is 37.4 Å². The van der Waals surface area contributed by atoms with Crippen LogP contribution in [0.5, 0.6) is 11.5 Å². The van der Waals surface area contributed by atoms with Crippen LogP contribution in [0, 0.1) is 0 Å². The number of nitrogens with one attached hydrogen (secondary N) is 1. The summed E-state index contributed by atoms with van der Waals surface area (Å²) in [5, 5.41) is 2.77. The number of hydrogen-bond acceptors (Lipinski definition) is 6. The molecule has 138 valence electrons. The van der Waals surface area contributed by atoms with Crippen LogP contribution in [0.2, 0.25) is 0 Å². The molecule has 1 heterocycles. The topological polar surface area (TPSA) is 103 Å². The minimum Gasteiger partial charge on any atom is -0.486 e. The number of nitrogens with two attached hydrogens (primary N) is 1. The maximum absolute atomic E-state index is 12.3. The largest absolute Gasteiger partial charge is 0.486 e. The minimum atomic E-state index is -0.345. The van der Waals surface area contributed by atoms with E-state index in [9.17, 15) is 9.59 Å². The van der Waals surface area contributed by atoms with Gasteiger partial charge in [0, 0.05) is 32.0 Å². The second-order valence-corrected chi connectivity index (χ2v) is 5.61. The lowest BCUT2D eigenvalue weighted by Gasteiger charge is -2.23. The zero-order valence-electron chi connectivity index (χ0n) is 14.6. The highest BCUT2D eigenvalue weighted by Crippen LogP contribution is 2.32. The van der Waals surface area contributed by atoms with E-state index in [1.807, 2.05) is 6.92 Å². The molecule has 2 amide bonds. The van der Waals surface area contributed by atoms with Gasteiger partial charge in [-0.15, -0.1) is 0 Å². The summed E-state index contributed by atoms with van der Waals surface area (Å²) in [4.78, 5) is 26.0. The van der Waals surface area contributed by atoms with Gasteiger partial charge in [-0.1, -0.05) is 0 Å². The molecule has 8 heteroatoms. The minimum absolute atomic E-state index is 0.0369. The van der Waals surface area contributed by atoms with Gasteiger partial charge in [0.2, 0.25) is 11.8 Å². The summed E-state index contributed by atoms with van der Waals surface area (Å²) >= 11 is 0. The van der Waals surface area contributed by atoms with Crippen molar-refractivity contribution in [3.63, 3.8) is 0 Å². The SMILES string of the molecule is CCN(CC(=O)Nc1ccc2c(c1)OCCO2)C(=O)CC(CN)OC. The average Bonchev–Trinajstić information content (AvgIpc) is 2.63. The van der Waals surface area contributed by atoms with Crippen molar-refractivity contribution in [2.75, 3.05) is 45.3 Å². The van der Waals surface area contributed by atoms with Crippen LogP contribution in [-0.2, 0) is 14.3 Å². The molecule has 0 aromatic heterocycles. The van der Waals surface area contributed by atoms with Gasteiger partial charge in [0.05, 0.1) is 19.1 Å². The molecule has 1 aromatic rings. The number of carbonyl (C=O) groups excluding carboxylic acids is 2. The lowest BCUT2D eigenvalue weighted by atomic mass is 10.2. The molecule has 1 aliphatic heterocycles. The van der Waals surface area contributed by atoms with Crippen LogP contribution in [-0.4, -0.2) is 62.8 Å². The standard InChI is InChI=1S/C17H25N3O5/c1-3-20(17(22)9-13(10-18)23-2)11-16(21)19-12-4-5-14-15(8-12)25-7-6-24-14/h4-5,8,13H,3,6-7,9-11,18H2,1-2H3,(H,19,21). The highest BCUT2D eigenvalue weighted by molar-refractivity contribution is 5.94. The summed E-state index contributed by atoms with van der Waals surface area (Å²) in [7, 11) is 1.51. The van der Waals surface area contributed by atoms with Gasteiger partial charge in [-0.25, -0.2) is 0 Å². The van der Waals surface area contributed by atoms with Gasteiger partial charge in [0.15, 0.2) is 11.5 Å². The summed E-state index contributed by atoms with van der Waals surface area (Å²) in [6, 6.07) is 5.19. The van der Waals surface area contributed by atoms with Gasteiger partial charge in [0.25, 0.3) is 0 Å². The van der Waals surface area contributed by atoms with E-state index in [0.717, 1.165) is 0 Å². The first-order valence-electron chi connectivity index (χ1n) is 8.27. The molecule has 3 N–H and O–H groups in total. The molecular weight excluding hydrogens is 326 g/mol. The van der Waals surface area contributed by atoms with E-state index in [4.69, 9.17) is 19.9 Å². The van der Waals surface area contributed by atoms with Crippen molar-refractivity contribution in [2.45, 2.75) is 19.4 Å². The predicted octanol–water partition coefficient (Wildman–Crippen LogP) is 0.609. The second kappa shape index (κ2) is 9.24. The second-order valence-electron chi connectivity index (χ2n) is 5.61. The number of likely N-dealkylation sites (N-methyl/N-ethyl adjacent to an activating group) is 1. The molecule has 1 aromatic carbocycles. The summed E-state index contributed by atoms with van der Waals surface area (Å²) in [5.41, 5.74) is 6.13. The Labute approximate surface area is 147 Å². The zero-order valence-corrected chi connectivity index (χ0v) is 14.6. The molecule has 1 unspecified atom stereocenters. The summed E-state index contributed by atoms with van der Waals surface area (Å²) in [5.74, 6) is 0.797. The van der Waals surface area contributed by atoms with E-state index < -0.39 is 0 Å². The molecule has 1 aliphatic rings. The van der Waals surface area contributed by atoms with E-state index in [2.05, 4.69) is 5.32 Å². The maximum atomic E-state index is 12.3. The monoisotopic (exact) mass is 351 g/mol. The molecule has 0 saturated heterocycles. The summed E-state index contributed by atoms with van der Waals surface area (Å²) < 4.78 is 16.0. The van der Waals surface area contributed by atoms with E-state index in [1.165, 1.54) is 12.0 Å². The molecule has 8 nitrogen and oxygen atoms in total. The van der Waals surface area contributed by atoms with Crippen LogP contribution in [0.25, 0.3) is 0 Å². The van der Waals surface area contributed by atoms with E-state index in [1.54, 1.807) is 18.2 Å². The van der Waals surface area contributed by atoms with Crippen molar-refractivity contribution in [2.24, 2.45) is 5.73 Å². The van der Waals surface area contributed by atoms with Crippen LogP contribution in [0.15, 0.2) is 18.2 Å². The number of amides is 2. The smallest absolute Gasteiger partial charge is 0.243 e. The Kier molecular flexibility index (Phi) is 7.03. The van der Waals surface area contributed by atoms with Gasteiger partial charge in [-0.05, 0) is 19.1 Å². The lowest BCUT2D eigenvalue weighted by molar-refractivity contribution is -0.136. The number of rotatable bonds is 8. The Balaban J connectivity index is 1.92. The molecule has 25 heavy (non-hydrogen) atoms. The molecular formula is C17H25N3O5. The highest BCUT2D eigenvalue weighted by Gasteiger charge is 2.20. The Morgan fingerprint density at radius 3 is 2.68 bits per heavy atom. The molecule has 0 saturated carbocycles.